The topological polar surface area (TPSA) is 17.8 Å². The van der Waals surface area contributed by atoms with E-state index >= 15 is 0 Å². The van der Waals surface area contributed by atoms with E-state index in [0.717, 1.165) is 0 Å². The first-order valence-electron chi connectivity index (χ1n) is 6.42. The maximum Gasteiger partial charge on any atom is 0.138 e. The van der Waals surface area contributed by atoms with Gasteiger partial charge in [-0.05, 0) is 31.2 Å². The van der Waals surface area contributed by atoms with Crippen molar-refractivity contribution in [3.8, 4) is 16.9 Å². The number of halogens is 4. The Morgan fingerprint density at radius 3 is 2.18 bits per heavy atom. The summed E-state index contributed by atoms with van der Waals surface area (Å²) in [5.41, 5.74) is 0.532. The van der Waals surface area contributed by atoms with Gasteiger partial charge in [0, 0.05) is 22.8 Å². The molecule has 1 aromatic heterocycles. The van der Waals surface area contributed by atoms with E-state index < -0.39 is 17.5 Å². The third-order valence-corrected chi connectivity index (χ3v) is 3.54. The second-order valence-corrected chi connectivity index (χ2v) is 5.18. The van der Waals surface area contributed by atoms with Gasteiger partial charge in [-0.2, -0.15) is 0 Å². The minimum atomic E-state index is -0.979. The molecule has 112 valence electrons. The van der Waals surface area contributed by atoms with Crippen LogP contribution in [0.2, 0.25) is 5.02 Å². The zero-order valence-corrected chi connectivity index (χ0v) is 12.2. The Balaban J connectivity index is 2.24. The van der Waals surface area contributed by atoms with Crippen molar-refractivity contribution < 1.29 is 13.2 Å². The lowest BCUT2D eigenvalue weighted by atomic mass is 10.1. The minimum absolute atomic E-state index is 0.204. The van der Waals surface area contributed by atoms with Crippen LogP contribution in [0.4, 0.5) is 13.2 Å². The second kappa shape index (κ2) is 5.50. The summed E-state index contributed by atoms with van der Waals surface area (Å²) >= 11 is 5.85. The number of hydrogen-bond acceptors (Lipinski definition) is 1. The summed E-state index contributed by atoms with van der Waals surface area (Å²) < 4.78 is 42.7. The van der Waals surface area contributed by atoms with Crippen LogP contribution in [-0.2, 0) is 0 Å². The van der Waals surface area contributed by atoms with Crippen LogP contribution in [0, 0.1) is 24.4 Å². The summed E-state index contributed by atoms with van der Waals surface area (Å²) in [4.78, 5) is 4.10. The number of imidazole rings is 1. The molecule has 0 saturated carbocycles. The summed E-state index contributed by atoms with van der Waals surface area (Å²) in [6.45, 7) is 1.71. The highest BCUT2D eigenvalue weighted by Crippen LogP contribution is 2.30. The number of benzene rings is 2. The van der Waals surface area contributed by atoms with Crippen LogP contribution in [0.15, 0.2) is 42.6 Å². The first-order chi connectivity index (χ1) is 10.5. The van der Waals surface area contributed by atoms with Gasteiger partial charge in [-0.1, -0.05) is 11.6 Å². The zero-order chi connectivity index (χ0) is 15.9. The zero-order valence-electron chi connectivity index (χ0n) is 11.4. The number of aryl methyl sites for hydroxylation is 1. The monoisotopic (exact) mass is 322 g/mol. The van der Waals surface area contributed by atoms with Gasteiger partial charge in [0.1, 0.15) is 23.3 Å². The molecule has 0 atom stereocenters. The molecule has 6 heteroatoms. The van der Waals surface area contributed by atoms with Crippen LogP contribution in [-0.4, -0.2) is 9.55 Å². The average molecular weight is 323 g/mol. The Labute approximate surface area is 129 Å². The smallest absolute Gasteiger partial charge is 0.138 e. The Kier molecular flexibility index (Phi) is 3.66. The summed E-state index contributed by atoms with van der Waals surface area (Å²) in [5, 5.41) is 0.544. The largest absolute Gasteiger partial charge is 0.296 e. The lowest BCUT2D eigenvalue weighted by Crippen LogP contribution is -2.02. The van der Waals surface area contributed by atoms with Gasteiger partial charge in [0.05, 0.1) is 17.5 Å². The molecule has 2 aromatic carbocycles. The fourth-order valence-electron chi connectivity index (χ4n) is 2.32. The quantitative estimate of drug-likeness (QED) is 0.655. The fraction of sp³-hybridized carbons (Fsp3) is 0.0625. The van der Waals surface area contributed by atoms with Crippen molar-refractivity contribution in [2.24, 2.45) is 0 Å². The molecule has 3 rings (SSSR count). The normalized spacial score (nSPS) is 11.0. The van der Waals surface area contributed by atoms with Crippen LogP contribution in [0.1, 0.15) is 5.82 Å². The Morgan fingerprint density at radius 2 is 1.59 bits per heavy atom. The minimum Gasteiger partial charge on any atom is -0.296 e. The summed E-state index contributed by atoms with van der Waals surface area (Å²) in [6, 6.07) is 8.04. The molecular formula is C16H10ClF3N2. The van der Waals surface area contributed by atoms with E-state index in [-0.39, 0.29) is 11.3 Å². The van der Waals surface area contributed by atoms with E-state index in [1.165, 1.54) is 6.20 Å². The Hall–Kier alpha value is -2.27. The third kappa shape index (κ3) is 2.48. The van der Waals surface area contributed by atoms with Gasteiger partial charge in [0.2, 0.25) is 0 Å². The second-order valence-electron chi connectivity index (χ2n) is 4.75. The molecule has 0 fully saturated rings. The van der Waals surface area contributed by atoms with Gasteiger partial charge in [-0.3, -0.25) is 4.57 Å². The van der Waals surface area contributed by atoms with Gasteiger partial charge >= 0.3 is 0 Å². The highest BCUT2D eigenvalue weighted by molar-refractivity contribution is 6.30. The van der Waals surface area contributed by atoms with Crippen molar-refractivity contribution in [1.29, 1.82) is 0 Å². The average Bonchev–Trinajstić information content (AvgIpc) is 2.80. The molecule has 2 nitrogen and oxygen atoms in total. The molecule has 0 radical (unpaired) electrons. The Bertz CT molecular complexity index is 818. The van der Waals surface area contributed by atoms with E-state index in [1.54, 1.807) is 35.8 Å². The van der Waals surface area contributed by atoms with Gasteiger partial charge in [0.15, 0.2) is 0 Å². The van der Waals surface area contributed by atoms with E-state index in [2.05, 4.69) is 4.98 Å². The van der Waals surface area contributed by atoms with E-state index in [9.17, 15) is 13.2 Å². The standard InChI is InChI=1S/C16H10ClF3N2/c1-9-21-8-15(16-13(19)6-11(18)7-14(16)20)22(9)12-4-2-10(17)3-5-12/h2-8H,1H3. The molecule has 0 aliphatic rings. The third-order valence-electron chi connectivity index (χ3n) is 3.29. The van der Waals surface area contributed by atoms with Crippen LogP contribution in [0.25, 0.3) is 16.9 Å². The molecule has 0 unspecified atom stereocenters. The molecule has 1 heterocycles. The van der Waals surface area contributed by atoms with Crippen LogP contribution in [0.3, 0.4) is 0 Å². The molecule has 3 aromatic rings. The molecule has 0 amide bonds. The molecule has 0 bridgehead atoms. The molecule has 0 aliphatic carbocycles. The van der Waals surface area contributed by atoms with Crippen LogP contribution >= 0.6 is 11.6 Å². The van der Waals surface area contributed by atoms with Crippen molar-refractivity contribution in [1.82, 2.24) is 9.55 Å². The summed E-state index contributed by atoms with van der Waals surface area (Å²) in [5.74, 6) is -2.38. The molecule has 0 spiro atoms. The first-order valence-corrected chi connectivity index (χ1v) is 6.80. The molecule has 0 aliphatic heterocycles. The predicted octanol–water partition coefficient (Wildman–Crippen LogP) is 4.92. The molecule has 22 heavy (non-hydrogen) atoms. The van der Waals surface area contributed by atoms with Crippen molar-refractivity contribution >= 4 is 11.6 Å². The highest BCUT2D eigenvalue weighted by atomic mass is 35.5. The lowest BCUT2D eigenvalue weighted by molar-refractivity contribution is 0.547. The lowest BCUT2D eigenvalue weighted by Gasteiger charge is -2.12. The first kappa shape index (κ1) is 14.7. The SMILES string of the molecule is Cc1ncc(-c2c(F)cc(F)cc2F)n1-c1ccc(Cl)cc1. The fourth-order valence-corrected chi connectivity index (χ4v) is 2.45. The summed E-state index contributed by atoms with van der Waals surface area (Å²) in [6.07, 6.45) is 1.35. The number of hydrogen-bond donors (Lipinski definition) is 0. The molecule has 0 saturated heterocycles. The molecule has 0 N–H and O–H groups in total. The van der Waals surface area contributed by atoms with Crippen molar-refractivity contribution in [2.75, 3.05) is 0 Å². The van der Waals surface area contributed by atoms with Crippen molar-refractivity contribution in [3.63, 3.8) is 0 Å². The maximum atomic E-state index is 14.0. The van der Waals surface area contributed by atoms with Gasteiger partial charge < -0.3 is 0 Å². The number of aromatic nitrogens is 2. The van der Waals surface area contributed by atoms with Gasteiger partial charge in [-0.15, -0.1) is 0 Å². The van der Waals surface area contributed by atoms with E-state index in [4.69, 9.17) is 11.6 Å². The maximum absolute atomic E-state index is 14.0. The van der Waals surface area contributed by atoms with Crippen molar-refractivity contribution in [3.05, 3.63) is 70.9 Å². The Morgan fingerprint density at radius 1 is 1.00 bits per heavy atom. The number of rotatable bonds is 2. The van der Waals surface area contributed by atoms with Gasteiger partial charge in [0.25, 0.3) is 0 Å². The van der Waals surface area contributed by atoms with Crippen LogP contribution < -0.4 is 0 Å². The number of nitrogens with zero attached hydrogens (tertiary/aromatic N) is 2. The van der Waals surface area contributed by atoms with Crippen LogP contribution in [0.5, 0.6) is 0 Å². The highest BCUT2D eigenvalue weighted by Gasteiger charge is 2.19. The van der Waals surface area contributed by atoms with E-state index in [0.29, 0.717) is 28.7 Å². The van der Waals surface area contributed by atoms with Gasteiger partial charge in [-0.25, -0.2) is 18.2 Å². The molecular weight excluding hydrogens is 313 g/mol. The summed E-state index contributed by atoms with van der Waals surface area (Å²) in [7, 11) is 0. The van der Waals surface area contributed by atoms with Crippen molar-refractivity contribution in [2.45, 2.75) is 6.92 Å². The predicted molar refractivity (Wildman–Crippen MR) is 78.6 cm³/mol. The van der Waals surface area contributed by atoms with E-state index in [1.807, 2.05) is 0 Å².